The van der Waals surface area contributed by atoms with Gasteiger partial charge in [0.25, 0.3) is 0 Å². The molecule has 22 heavy (non-hydrogen) atoms. The Labute approximate surface area is 130 Å². The van der Waals surface area contributed by atoms with Gasteiger partial charge in [-0.15, -0.1) is 5.10 Å². The fraction of sp³-hybridized carbons (Fsp3) is 0.353. The Bertz CT molecular complexity index is 646. The third-order valence-corrected chi connectivity index (χ3v) is 4.02. The van der Waals surface area contributed by atoms with E-state index in [4.69, 9.17) is 0 Å². The van der Waals surface area contributed by atoms with Gasteiger partial charge >= 0.3 is 0 Å². The summed E-state index contributed by atoms with van der Waals surface area (Å²) in [6.07, 6.45) is 10.5. The number of amides is 1. The van der Waals surface area contributed by atoms with Gasteiger partial charge in [-0.2, -0.15) is 0 Å². The van der Waals surface area contributed by atoms with Crippen LogP contribution in [0.4, 0.5) is 0 Å². The molecule has 1 heterocycles. The third-order valence-electron chi connectivity index (χ3n) is 4.02. The minimum absolute atomic E-state index is 0.00248. The number of aromatic nitrogens is 3. The van der Waals surface area contributed by atoms with Crippen LogP contribution in [0, 0.1) is 5.92 Å². The first-order chi connectivity index (χ1) is 10.7. The second kappa shape index (κ2) is 6.56. The zero-order valence-corrected chi connectivity index (χ0v) is 12.6. The molecule has 2 atom stereocenters. The minimum atomic E-state index is 0.00248. The molecule has 0 spiro atoms. The van der Waals surface area contributed by atoms with Crippen LogP contribution in [0.2, 0.25) is 0 Å². The van der Waals surface area contributed by atoms with Gasteiger partial charge in [0.2, 0.25) is 5.91 Å². The molecule has 0 radical (unpaired) electrons. The predicted molar refractivity (Wildman–Crippen MR) is 84.4 cm³/mol. The highest BCUT2D eigenvalue weighted by Crippen LogP contribution is 2.21. The van der Waals surface area contributed by atoms with Crippen molar-refractivity contribution in [2.45, 2.75) is 32.2 Å². The van der Waals surface area contributed by atoms with Gasteiger partial charge in [0.15, 0.2) is 0 Å². The SMILES string of the molecule is C[C@H](NC(=O)C[C@@H]1C=CCC1)c1ccc(-n2ccnn2)cc1. The van der Waals surface area contributed by atoms with Crippen LogP contribution in [-0.2, 0) is 4.79 Å². The molecule has 3 rings (SSSR count). The number of benzene rings is 1. The molecule has 0 aliphatic heterocycles. The Morgan fingerprint density at radius 1 is 1.41 bits per heavy atom. The van der Waals surface area contributed by atoms with Crippen LogP contribution in [0.1, 0.15) is 37.8 Å². The Morgan fingerprint density at radius 2 is 2.23 bits per heavy atom. The monoisotopic (exact) mass is 296 g/mol. The van der Waals surface area contributed by atoms with Crippen LogP contribution in [-0.4, -0.2) is 20.9 Å². The van der Waals surface area contributed by atoms with Gasteiger partial charge in [-0.05, 0) is 43.4 Å². The largest absolute Gasteiger partial charge is 0.350 e. The molecule has 114 valence electrons. The summed E-state index contributed by atoms with van der Waals surface area (Å²) in [5, 5.41) is 10.8. The van der Waals surface area contributed by atoms with E-state index in [2.05, 4.69) is 27.8 Å². The Morgan fingerprint density at radius 3 is 2.86 bits per heavy atom. The third kappa shape index (κ3) is 3.42. The fourth-order valence-electron chi connectivity index (χ4n) is 2.75. The average Bonchev–Trinajstić information content (AvgIpc) is 3.20. The van der Waals surface area contributed by atoms with Crippen LogP contribution >= 0.6 is 0 Å². The maximum Gasteiger partial charge on any atom is 0.221 e. The summed E-state index contributed by atoms with van der Waals surface area (Å²) in [4.78, 5) is 12.1. The fourth-order valence-corrected chi connectivity index (χ4v) is 2.75. The van der Waals surface area contributed by atoms with Crippen molar-refractivity contribution in [1.29, 1.82) is 0 Å². The molecule has 0 saturated heterocycles. The van der Waals surface area contributed by atoms with Crippen LogP contribution in [0.15, 0.2) is 48.8 Å². The number of allylic oxidation sites excluding steroid dienone is 2. The number of carbonyl (C=O) groups is 1. The second-order valence-electron chi connectivity index (χ2n) is 5.70. The van der Waals surface area contributed by atoms with Gasteiger partial charge in [0.1, 0.15) is 0 Å². The van der Waals surface area contributed by atoms with E-state index in [1.54, 1.807) is 17.1 Å². The molecule has 0 fully saturated rings. The highest BCUT2D eigenvalue weighted by atomic mass is 16.1. The van der Waals surface area contributed by atoms with Crippen LogP contribution in [0.5, 0.6) is 0 Å². The normalized spacial score (nSPS) is 18.3. The van der Waals surface area contributed by atoms with Crippen LogP contribution in [0.3, 0.4) is 0 Å². The first-order valence-electron chi connectivity index (χ1n) is 7.65. The number of hydrogen-bond donors (Lipinski definition) is 1. The topological polar surface area (TPSA) is 59.8 Å². The van der Waals surface area contributed by atoms with Crippen molar-refractivity contribution < 1.29 is 4.79 Å². The highest BCUT2D eigenvalue weighted by Gasteiger charge is 2.16. The van der Waals surface area contributed by atoms with E-state index in [1.807, 2.05) is 31.2 Å². The molecular formula is C17H20N4O. The standard InChI is InChI=1S/C17H20N4O/c1-13(19-17(22)12-14-4-2-3-5-14)15-6-8-16(9-7-15)21-11-10-18-20-21/h2,4,6-11,13-14H,3,5,12H2,1H3,(H,19,22)/t13-,14+/m0/s1. The Hall–Kier alpha value is -2.43. The van der Waals surface area contributed by atoms with Crippen molar-refractivity contribution in [2.24, 2.45) is 5.92 Å². The first kappa shape index (κ1) is 14.5. The van der Waals surface area contributed by atoms with Gasteiger partial charge in [-0.25, -0.2) is 4.68 Å². The predicted octanol–water partition coefficient (Wildman–Crippen LogP) is 2.80. The van der Waals surface area contributed by atoms with E-state index < -0.39 is 0 Å². The first-order valence-corrected chi connectivity index (χ1v) is 7.65. The van der Waals surface area contributed by atoms with E-state index in [0.29, 0.717) is 12.3 Å². The van der Waals surface area contributed by atoms with E-state index in [-0.39, 0.29) is 11.9 Å². The lowest BCUT2D eigenvalue weighted by atomic mass is 10.0. The molecule has 1 aliphatic carbocycles. The molecule has 0 unspecified atom stereocenters. The van der Waals surface area contributed by atoms with Gasteiger partial charge in [0, 0.05) is 6.42 Å². The molecule has 1 aromatic heterocycles. The van der Waals surface area contributed by atoms with Gasteiger partial charge < -0.3 is 5.32 Å². The lowest BCUT2D eigenvalue weighted by Crippen LogP contribution is -2.27. The Balaban J connectivity index is 1.58. The van der Waals surface area contributed by atoms with Gasteiger partial charge in [-0.3, -0.25) is 4.79 Å². The molecule has 2 aromatic rings. The number of rotatable bonds is 5. The number of nitrogens with one attached hydrogen (secondary N) is 1. The van der Waals surface area contributed by atoms with Crippen LogP contribution in [0.25, 0.3) is 5.69 Å². The van der Waals surface area contributed by atoms with Crippen molar-refractivity contribution >= 4 is 5.91 Å². The summed E-state index contributed by atoms with van der Waals surface area (Å²) >= 11 is 0. The van der Waals surface area contributed by atoms with E-state index >= 15 is 0 Å². The van der Waals surface area contributed by atoms with Crippen molar-refractivity contribution in [3.63, 3.8) is 0 Å². The lowest BCUT2D eigenvalue weighted by molar-refractivity contribution is -0.122. The Kier molecular flexibility index (Phi) is 4.32. The number of carbonyl (C=O) groups excluding carboxylic acids is 1. The number of hydrogen-bond acceptors (Lipinski definition) is 3. The average molecular weight is 296 g/mol. The molecule has 1 aromatic carbocycles. The highest BCUT2D eigenvalue weighted by molar-refractivity contribution is 5.77. The summed E-state index contributed by atoms with van der Waals surface area (Å²) in [7, 11) is 0. The molecule has 5 heteroatoms. The van der Waals surface area contributed by atoms with Gasteiger partial charge in [-0.1, -0.05) is 29.5 Å². The minimum Gasteiger partial charge on any atom is -0.350 e. The summed E-state index contributed by atoms with van der Waals surface area (Å²) in [6.45, 7) is 2.01. The summed E-state index contributed by atoms with van der Waals surface area (Å²) < 4.78 is 1.71. The van der Waals surface area contributed by atoms with Gasteiger partial charge in [0.05, 0.1) is 24.1 Å². The lowest BCUT2D eigenvalue weighted by Gasteiger charge is -2.16. The molecular weight excluding hydrogens is 276 g/mol. The van der Waals surface area contributed by atoms with Crippen molar-refractivity contribution in [3.05, 3.63) is 54.4 Å². The number of nitrogens with zero attached hydrogens (tertiary/aromatic N) is 3. The molecule has 0 saturated carbocycles. The molecule has 1 aliphatic rings. The summed E-state index contributed by atoms with van der Waals surface area (Å²) in [5.41, 5.74) is 2.04. The second-order valence-corrected chi connectivity index (χ2v) is 5.70. The van der Waals surface area contributed by atoms with Crippen molar-refractivity contribution in [3.8, 4) is 5.69 Å². The molecule has 1 N–H and O–H groups in total. The molecule has 1 amide bonds. The summed E-state index contributed by atoms with van der Waals surface area (Å²) in [6, 6.07) is 7.98. The summed E-state index contributed by atoms with van der Waals surface area (Å²) in [5.74, 6) is 0.520. The maximum atomic E-state index is 12.1. The smallest absolute Gasteiger partial charge is 0.221 e. The maximum absolute atomic E-state index is 12.1. The van der Waals surface area contributed by atoms with E-state index in [1.165, 1.54) is 0 Å². The zero-order valence-electron chi connectivity index (χ0n) is 12.6. The van der Waals surface area contributed by atoms with E-state index in [0.717, 1.165) is 24.1 Å². The molecule has 5 nitrogen and oxygen atoms in total. The van der Waals surface area contributed by atoms with Crippen molar-refractivity contribution in [2.75, 3.05) is 0 Å². The zero-order chi connectivity index (χ0) is 15.4. The van der Waals surface area contributed by atoms with Crippen molar-refractivity contribution in [1.82, 2.24) is 20.3 Å². The quantitative estimate of drug-likeness (QED) is 0.863. The van der Waals surface area contributed by atoms with Crippen LogP contribution < -0.4 is 5.32 Å². The van der Waals surface area contributed by atoms with E-state index in [9.17, 15) is 4.79 Å². The molecule has 0 bridgehead atoms.